The first-order valence-corrected chi connectivity index (χ1v) is 10.3. The molecule has 0 saturated carbocycles. The number of likely N-dealkylation sites (N-methyl/N-ethyl adjacent to an activating group) is 1. The average Bonchev–Trinajstić information content (AvgIpc) is 2.85. The lowest BCUT2D eigenvalue weighted by molar-refractivity contribution is -0.906. The predicted molar refractivity (Wildman–Crippen MR) is 89.6 cm³/mol. The van der Waals surface area contributed by atoms with E-state index < -0.39 is 15.6 Å². The van der Waals surface area contributed by atoms with Gasteiger partial charge in [0.25, 0.3) is 0 Å². The summed E-state index contributed by atoms with van der Waals surface area (Å²) in [5.74, 6) is 0.0684. The summed E-state index contributed by atoms with van der Waals surface area (Å²) in [7, 11) is -5.74. The molecule has 0 amide bonds. The third-order valence-electron chi connectivity index (χ3n) is 3.53. The van der Waals surface area contributed by atoms with Gasteiger partial charge in [0.1, 0.15) is 5.75 Å². The van der Waals surface area contributed by atoms with Crippen LogP contribution in [0.1, 0.15) is 5.56 Å². The van der Waals surface area contributed by atoms with Crippen molar-refractivity contribution in [3.05, 3.63) is 30.0 Å². The maximum atomic E-state index is 11.1. The highest BCUT2D eigenvalue weighted by molar-refractivity contribution is 7.46. The van der Waals surface area contributed by atoms with Crippen LogP contribution in [0.3, 0.4) is 0 Å². The molecular weight excluding hydrogens is 374 g/mol. The van der Waals surface area contributed by atoms with Gasteiger partial charge in [-0.05, 0) is 17.7 Å². The molecule has 1 heterocycles. The van der Waals surface area contributed by atoms with Crippen molar-refractivity contribution >= 4 is 26.5 Å². The molecular formula is C13H21N2O8P2+. The number of aromatic amines is 1. The fourth-order valence-electron chi connectivity index (χ4n) is 2.34. The summed E-state index contributed by atoms with van der Waals surface area (Å²) in [6.45, 7) is 0.287. The van der Waals surface area contributed by atoms with Gasteiger partial charge >= 0.3 is 15.6 Å². The number of H-pyrrole nitrogens is 1. The zero-order chi connectivity index (χ0) is 18.9. The van der Waals surface area contributed by atoms with E-state index in [1.54, 1.807) is 32.4 Å². The van der Waals surface area contributed by atoms with Gasteiger partial charge in [-0.25, -0.2) is 13.7 Å². The number of aromatic nitrogens is 1. The lowest BCUT2D eigenvalue weighted by Gasteiger charge is -2.29. The zero-order valence-electron chi connectivity index (χ0n) is 13.7. The molecule has 0 unspecified atom stereocenters. The summed E-state index contributed by atoms with van der Waals surface area (Å²) in [4.78, 5) is 38.7. The summed E-state index contributed by atoms with van der Waals surface area (Å²) in [6.07, 6.45) is 2.18. The van der Waals surface area contributed by atoms with Crippen molar-refractivity contribution in [2.75, 3.05) is 27.4 Å². The molecule has 0 saturated heterocycles. The van der Waals surface area contributed by atoms with Crippen molar-refractivity contribution in [1.82, 2.24) is 4.98 Å². The largest absolute Gasteiger partial charge is 0.524 e. The van der Waals surface area contributed by atoms with Crippen LogP contribution in [0, 0.1) is 0 Å². The van der Waals surface area contributed by atoms with E-state index in [0.29, 0.717) is 23.9 Å². The van der Waals surface area contributed by atoms with Gasteiger partial charge < -0.3 is 23.8 Å². The number of benzene rings is 1. The van der Waals surface area contributed by atoms with Crippen molar-refractivity contribution in [1.29, 1.82) is 0 Å². The molecule has 0 aliphatic carbocycles. The molecule has 10 nitrogen and oxygen atoms in total. The van der Waals surface area contributed by atoms with E-state index in [-0.39, 0.29) is 17.0 Å². The summed E-state index contributed by atoms with van der Waals surface area (Å²) in [5, 5.41) is 0.557. The fraction of sp³-hybridized carbons (Fsp3) is 0.385. The van der Waals surface area contributed by atoms with Crippen molar-refractivity contribution in [2.45, 2.75) is 6.42 Å². The normalized spacial score (nSPS) is 13.4. The van der Waals surface area contributed by atoms with Gasteiger partial charge in [-0.2, -0.15) is 0 Å². The van der Waals surface area contributed by atoms with Crippen LogP contribution in [0.4, 0.5) is 0 Å². The van der Waals surface area contributed by atoms with E-state index in [4.69, 9.17) is 24.1 Å². The second kappa shape index (κ2) is 7.19. The molecule has 0 radical (unpaired) electrons. The molecule has 0 bridgehead atoms. The molecule has 0 spiro atoms. The van der Waals surface area contributed by atoms with Gasteiger partial charge in [-0.1, -0.05) is 6.07 Å². The molecule has 5 N–H and O–H groups in total. The van der Waals surface area contributed by atoms with Crippen LogP contribution in [0.5, 0.6) is 5.75 Å². The Hall–Kier alpha value is -1.22. The topological polar surface area (TPSA) is 149 Å². The number of nitrogens with one attached hydrogen (secondary N) is 1. The first-order chi connectivity index (χ1) is 11.4. The Morgan fingerprint density at radius 1 is 1.12 bits per heavy atom. The minimum absolute atomic E-state index is 0.0684. The van der Waals surface area contributed by atoms with E-state index in [0.717, 1.165) is 5.56 Å². The van der Waals surface area contributed by atoms with Crippen LogP contribution < -0.4 is 4.52 Å². The van der Waals surface area contributed by atoms with Crippen LogP contribution >= 0.6 is 15.6 Å². The first kappa shape index (κ1) is 20.1. The van der Waals surface area contributed by atoms with Gasteiger partial charge in [0, 0.05) is 23.5 Å². The summed E-state index contributed by atoms with van der Waals surface area (Å²) in [5.41, 5.74) is 1.43. The smallest absolute Gasteiger partial charge is 0.404 e. The lowest BCUT2D eigenvalue weighted by atomic mass is 10.1. The Morgan fingerprint density at radius 2 is 1.80 bits per heavy atom. The third kappa shape index (κ3) is 6.22. The molecule has 2 aromatic rings. The van der Waals surface area contributed by atoms with Crippen molar-refractivity contribution < 1.29 is 42.2 Å². The van der Waals surface area contributed by atoms with Crippen LogP contribution in [0.15, 0.2) is 24.4 Å². The van der Waals surface area contributed by atoms with Crippen molar-refractivity contribution in [2.24, 2.45) is 0 Å². The van der Waals surface area contributed by atoms with E-state index in [2.05, 4.69) is 9.51 Å². The molecule has 2 rings (SSSR count). The molecule has 1 aromatic carbocycles. The highest BCUT2D eigenvalue weighted by atomic mass is 31.2. The van der Waals surface area contributed by atoms with Crippen molar-refractivity contribution in [3.8, 4) is 5.75 Å². The Bertz CT molecular complexity index is 838. The van der Waals surface area contributed by atoms with Gasteiger partial charge in [-0.15, -0.1) is 0 Å². The Balaban J connectivity index is 2.19. The second-order valence-electron chi connectivity index (χ2n) is 6.23. The molecule has 0 aliphatic rings. The van der Waals surface area contributed by atoms with Gasteiger partial charge in [-0.3, -0.25) is 9.79 Å². The number of quaternary nitrogens is 1. The molecule has 0 fully saturated rings. The number of hydrogen-bond acceptors (Lipinski definition) is 4. The number of hydrogen-bond donors (Lipinski definition) is 5. The Labute approximate surface area is 144 Å². The summed E-state index contributed by atoms with van der Waals surface area (Å²) in [6, 6.07) is 4.83. The molecule has 25 heavy (non-hydrogen) atoms. The predicted octanol–water partition coefficient (Wildman–Crippen LogP) is 1.33. The number of nitrogens with zero attached hydrogens (tertiary/aromatic N) is 1. The minimum Gasteiger partial charge on any atom is -0.404 e. The van der Waals surface area contributed by atoms with Crippen LogP contribution in [-0.2, 0) is 20.1 Å². The SMILES string of the molecule is C[N+](C)(CCc1c[nH]c2cccc(OP(=O)(O)O)c12)COP(=O)(O)O. The van der Waals surface area contributed by atoms with Gasteiger partial charge in [0.05, 0.1) is 20.6 Å². The molecule has 0 aliphatic heterocycles. The zero-order valence-corrected chi connectivity index (χ0v) is 15.5. The average molecular weight is 395 g/mol. The highest BCUT2D eigenvalue weighted by Gasteiger charge is 2.24. The Morgan fingerprint density at radius 3 is 2.40 bits per heavy atom. The number of phosphoric ester groups is 2. The maximum Gasteiger partial charge on any atom is 0.524 e. The minimum atomic E-state index is -4.69. The maximum absolute atomic E-state index is 11.1. The van der Waals surface area contributed by atoms with E-state index in [1.165, 1.54) is 6.07 Å². The quantitative estimate of drug-likeness (QED) is 0.255. The number of rotatable bonds is 8. The van der Waals surface area contributed by atoms with Crippen molar-refractivity contribution in [3.63, 3.8) is 0 Å². The fourth-order valence-corrected chi connectivity index (χ4v) is 3.21. The molecule has 12 heteroatoms. The van der Waals surface area contributed by atoms with Crippen LogP contribution in [-0.4, -0.2) is 56.4 Å². The molecule has 140 valence electrons. The summed E-state index contributed by atoms with van der Waals surface area (Å²) >= 11 is 0. The monoisotopic (exact) mass is 395 g/mol. The Kier molecular flexibility index (Phi) is 5.78. The highest BCUT2D eigenvalue weighted by Crippen LogP contribution is 2.41. The third-order valence-corrected chi connectivity index (χ3v) is 4.41. The van der Waals surface area contributed by atoms with Gasteiger partial charge in [0.2, 0.25) is 0 Å². The molecule has 1 aromatic heterocycles. The number of phosphoric acid groups is 2. The summed E-state index contributed by atoms with van der Waals surface area (Å²) < 4.78 is 31.4. The number of fused-ring (bicyclic) bond motifs is 1. The van der Waals surface area contributed by atoms with Gasteiger partial charge in [0.15, 0.2) is 6.73 Å². The van der Waals surface area contributed by atoms with E-state index >= 15 is 0 Å². The lowest BCUT2D eigenvalue weighted by Crippen LogP contribution is -2.42. The second-order valence-corrected chi connectivity index (χ2v) is 8.64. The first-order valence-electron chi connectivity index (χ1n) is 7.22. The van der Waals surface area contributed by atoms with E-state index in [1.807, 2.05) is 0 Å². The van der Waals surface area contributed by atoms with Crippen LogP contribution in [0.2, 0.25) is 0 Å². The standard InChI is InChI=1S/C13H20N2O8P2/c1-15(2,9-22-24(16,17)18)7-6-10-8-14-11-4-3-5-12(13(10)11)23-25(19,20)21/h3-5,8,14H,6-7,9H2,1-2H3,(H3-,16,17,18,19,20,21)/p+1. The molecule has 0 atom stereocenters. The van der Waals surface area contributed by atoms with Crippen LogP contribution in [0.25, 0.3) is 10.9 Å². The van der Waals surface area contributed by atoms with E-state index in [9.17, 15) is 9.13 Å².